The average Bonchev–Trinajstić information content (AvgIpc) is 3.13. The third-order valence-corrected chi connectivity index (χ3v) is 5.78. The number of morpholine rings is 1. The maximum Gasteiger partial charge on any atom is 0.230 e. The van der Waals surface area contributed by atoms with Gasteiger partial charge in [0.2, 0.25) is 5.91 Å². The van der Waals surface area contributed by atoms with Gasteiger partial charge in [0.1, 0.15) is 0 Å². The van der Waals surface area contributed by atoms with E-state index in [-0.39, 0.29) is 11.9 Å². The summed E-state index contributed by atoms with van der Waals surface area (Å²) in [5.74, 6) is 0.415. The average molecular weight is 403 g/mol. The van der Waals surface area contributed by atoms with Crippen LogP contribution in [0.1, 0.15) is 24.5 Å². The van der Waals surface area contributed by atoms with Crippen LogP contribution in [0.25, 0.3) is 5.69 Å². The monoisotopic (exact) mass is 402 g/mol. The number of imidazole rings is 1. The lowest BCUT2D eigenvalue weighted by molar-refractivity contribution is -0.119. The molecular weight excluding hydrogens is 372 g/mol. The number of carbonyl (C=O) groups is 1. The number of thioether (sulfide) groups is 1. The van der Waals surface area contributed by atoms with Crippen molar-refractivity contribution in [3.8, 4) is 5.69 Å². The Morgan fingerprint density at radius 2 is 1.96 bits per heavy atom. The Morgan fingerprint density at radius 1 is 1.25 bits per heavy atom. The van der Waals surface area contributed by atoms with Crippen molar-refractivity contribution < 1.29 is 9.53 Å². The van der Waals surface area contributed by atoms with Crippen LogP contribution in [0.3, 0.4) is 0 Å². The van der Waals surface area contributed by atoms with E-state index in [1.807, 2.05) is 10.8 Å². The second kappa shape index (κ2) is 10.1. The fourth-order valence-corrected chi connectivity index (χ4v) is 4.19. The van der Waals surface area contributed by atoms with Crippen LogP contribution in [-0.2, 0) is 9.53 Å². The van der Waals surface area contributed by atoms with Crippen molar-refractivity contribution >= 4 is 17.7 Å². The number of benzene rings is 1. The Kier molecular flexibility index (Phi) is 7.53. The molecule has 0 bridgehead atoms. The van der Waals surface area contributed by atoms with Gasteiger partial charge in [-0.15, -0.1) is 0 Å². The molecule has 0 radical (unpaired) electrons. The highest BCUT2D eigenvalue weighted by atomic mass is 32.2. The molecule has 28 heavy (non-hydrogen) atoms. The SMILES string of the molecule is Cc1cc(C)cc(-n2ccnc2SCC(=O)NC(C)CCN2CCOCC2)c1. The number of hydrogen-bond acceptors (Lipinski definition) is 5. The first-order chi connectivity index (χ1) is 13.5. The lowest BCUT2D eigenvalue weighted by Crippen LogP contribution is -2.40. The van der Waals surface area contributed by atoms with Crippen LogP contribution in [0.4, 0.5) is 0 Å². The van der Waals surface area contributed by atoms with Crippen molar-refractivity contribution in [2.45, 2.75) is 38.4 Å². The summed E-state index contributed by atoms with van der Waals surface area (Å²) in [5.41, 5.74) is 3.51. The molecule has 1 aromatic carbocycles. The summed E-state index contributed by atoms with van der Waals surface area (Å²) in [4.78, 5) is 19.2. The molecule has 1 amide bonds. The molecule has 1 atom stereocenters. The summed E-state index contributed by atoms with van der Waals surface area (Å²) < 4.78 is 7.41. The summed E-state index contributed by atoms with van der Waals surface area (Å²) in [6.45, 7) is 10.8. The zero-order valence-electron chi connectivity index (χ0n) is 17.0. The number of carbonyl (C=O) groups excluding carboxylic acids is 1. The number of aromatic nitrogens is 2. The fraction of sp³-hybridized carbons (Fsp3) is 0.524. The molecule has 0 spiro atoms. The van der Waals surface area contributed by atoms with Crippen LogP contribution in [0.5, 0.6) is 0 Å². The predicted octanol–water partition coefficient (Wildman–Crippen LogP) is 2.81. The van der Waals surface area contributed by atoms with Gasteiger partial charge in [0, 0.05) is 43.8 Å². The Balaban J connectivity index is 1.47. The van der Waals surface area contributed by atoms with Crippen LogP contribution >= 0.6 is 11.8 Å². The molecular formula is C21H30N4O2S. The van der Waals surface area contributed by atoms with Crippen molar-refractivity contribution in [1.82, 2.24) is 19.8 Å². The van der Waals surface area contributed by atoms with Gasteiger partial charge in [0.25, 0.3) is 0 Å². The number of nitrogens with zero attached hydrogens (tertiary/aromatic N) is 3. The predicted molar refractivity (Wildman–Crippen MR) is 113 cm³/mol. The molecule has 1 aliphatic heterocycles. The minimum atomic E-state index is 0.0504. The highest BCUT2D eigenvalue weighted by Gasteiger charge is 2.14. The van der Waals surface area contributed by atoms with Gasteiger partial charge in [-0.05, 0) is 50.5 Å². The second-order valence-electron chi connectivity index (χ2n) is 7.43. The zero-order chi connectivity index (χ0) is 19.9. The summed E-state index contributed by atoms with van der Waals surface area (Å²) in [6, 6.07) is 6.58. The molecule has 3 rings (SSSR count). The summed E-state index contributed by atoms with van der Waals surface area (Å²) in [5, 5.41) is 3.94. The molecule has 1 fully saturated rings. The van der Waals surface area contributed by atoms with E-state index in [0.29, 0.717) is 5.75 Å². The maximum atomic E-state index is 12.4. The fourth-order valence-electron chi connectivity index (χ4n) is 3.40. The number of aryl methyl sites for hydroxylation is 2. The summed E-state index contributed by atoms with van der Waals surface area (Å²) in [7, 11) is 0. The molecule has 0 saturated carbocycles. The van der Waals surface area contributed by atoms with E-state index < -0.39 is 0 Å². The molecule has 152 valence electrons. The quantitative estimate of drug-likeness (QED) is 0.688. The summed E-state index contributed by atoms with van der Waals surface area (Å²) >= 11 is 1.47. The van der Waals surface area contributed by atoms with Crippen molar-refractivity contribution in [1.29, 1.82) is 0 Å². The number of hydrogen-bond donors (Lipinski definition) is 1. The van der Waals surface area contributed by atoms with Crippen LogP contribution in [-0.4, -0.2) is 65.0 Å². The molecule has 7 heteroatoms. The van der Waals surface area contributed by atoms with E-state index in [2.05, 4.69) is 54.2 Å². The molecule has 1 aromatic heterocycles. The minimum absolute atomic E-state index is 0.0504. The lowest BCUT2D eigenvalue weighted by atomic mass is 10.1. The Hall–Kier alpha value is -1.83. The second-order valence-corrected chi connectivity index (χ2v) is 8.37. The minimum Gasteiger partial charge on any atom is -0.379 e. The maximum absolute atomic E-state index is 12.4. The van der Waals surface area contributed by atoms with Gasteiger partial charge in [-0.1, -0.05) is 17.8 Å². The normalized spacial score (nSPS) is 16.1. The summed E-state index contributed by atoms with van der Waals surface area (Å²) in [6.07, 6.45) is 4.68. The van der Waals surface area contributed by atoms with E-state index in [0.717, 1.165) is 50.1 Å². The molecule has 2 heterocycles. The number of nitrogens with one attached hydrogen (secondary N) is 1. The highest BCUT2D eigenvalue weighted by Crippen LogP contribution is 2.22. The smallest absolute Gasteiger partial charge is 0.230 e. The van der Waals surface area contributed by atoms with Gasteiger partial charge in [0.05, 0.1) is 19.0 Å². The van der Waals surface area contributed by atoms with Gasteiger partial charge < -0.3 is 10.1 Å². The Labute approximate surface area is 171 Å². The standard InChI is InChI=1S/C21H30N4O2S/c1-16-12-17(2)14-19(13-16)25-7-5-22-21(25)28-15-20(26)23-18(3)4-6-24-8-10-27-11-9-24/h5,7,12-14,18H,4,6,8-11,15H2,1-3H3,(H,23,26). The van der Waals surface area contributed by atoms with E-state index in [4.69, 9.17) is 4.74 Å². The third kappa shape index (κ3) is 6.09. The number of ether oxygens (including phenoxy) is 1. The van der Waals surface area contributed by atoms with Gasteiger partial charge in [-0.3, -0.25) is 14.3 Å². The van der Waals surface area contributed by atoms with Crippen molar-refractivity contribution in [2.75, 3.05) is 38.6 Å². The van der Waals surface area contributed by atoms with Gasteiger partial charge in [-0.2, -0.15) is 0 Å². The Morgan fingerprint density at radius 3 is 2.68 bits per heavy atom. The van der Waals surface area contributed by atoms with Crippen LogP contribution in [0, 0.1) is 13.8 Å². The van der Waals surface area contributed by atoms with E-state index >= 15 is 0 Å². The van der Waals surface area contributed by atoms with Crippen molar-refractivity contribution in [3.63, 3.8) is 0 Å². The van der Waals surface area contributed by atoms with Crippen LogP contribution < -0.4 is 5.32 Å². The van der Waals surface area contributed by atoms with Crippen molar-refractivity contribution in [3.05, 3.63) is 41.7 Å². The van der Waals surface area contributed by atoms with Gasteiger partial charge in [-0.25, -0.2) is 4.98 Å². The van der Waals surface area contributed by atoms with E-state index in [1.54, 1.807) is 6.20 Å². The molecule has 1 N–H and O–H groups in total. The largest absolute Gasteiger partial charge is 0.379 e. The van der Waals surface area contributed by atoms with Gasteiger partial charge in [0.15, 0.2) is 5.16 Å². The van der Waals surface area contributed by atoms with Crippen LogP contribution in [0.15, 0.2) is 35.7 Å². The highest BCUT2D eigenvalue weighted by molar-refractivity contribution is 7.99. The molecule has 0 aliphatic carbocycles. The number of amides is 1. The third-order valence-electron chi connectivity index (χ3n) is 4.81. The molecule has 1 unspecified atom stereocenters. The Bertz CT molecular complexity index is 766. The molecule has 1 aliphatic rings. The zero-order valence-corrected chi connectivity index (χ0v) is 17.8. The first-order valence-corrected chi connectivity index (χ1v) is 10.8. The molecule has 2 aromatic rings. The number of rotatable bonds is 8. The van der Waals surface area contributed by atoms with E-state index in [9.17, 15) is 4.79 Å². The molecule has 1 saturated heterocycles. The first kappa shape index (κ1) is 20.9. The van der Waals surface area contributed by atoms with Gasteiger partial charge >= 0.3 is 0 Å². The van der Waals surface area contributed by atoms with E-state index in [1.165, 1.54) is 22.9 Å². The molecule has 6 nitrogen and oxygen atoms in total. The lowest BCUT2D eigenvalue weighted by Gasteiger charge is -2.27. The van der Waals surface area contributed by atoms with Crippen LogP contribution in [0.2, 0.25) is 0 Å². The first-order valence-electron chi connectivity index (χ1n) is 9.85. The van der Waals surface area contributed by atoms with Crippen molar-refractivity contribution in [2.24, 2.45) is 0 Å². The topological polar surface area (TPSA) is 59.4 Å².